The summed E-state index contributed by atoms with van der Waals surface area (Å²) in [5, 5.41) is 5.24. The number of nitrogens with two attached hydrogens (primary N) is 1. The molecule has 2 N–H and O–H groups in total. The molecular weight excluding hydrogens is 366 g/mol. The molecule has 0 radical (unpaired) electrons. The van der Waals surface area contributed by atoms with E-state index >= 15 is 0 Å². The van der Waals surface area contributed by atoms with Crippen LogP contribution in [0.25, 0.3) is 0 Å². The molecule has 9 heteroatoms. The molecule has 0 aromatic heterocycles. The highest BCUT2D eigenvalue weighted by Crippen LogP contribution is 2.32. The van der Waals surface area contributed by atoms with E-state index in [9.17, 15) is 13.2 Å². The van der Waals surface area contributed by atoms with Crippen LogP contribution in [0.1, 0.15) is 0 Å². The molecule has 0 spiro atoms. The lowest BCUT2D eigenvalue weighted by Crippen LogP contribution is -2.27. The zero-order valence-electron chi connectivity index (χ0n) is 13.3. The van der Waals surface area contributed by atoms with Gasteiger partial charge in [-0.3, -0.25) is 9.69 Å². The van der Waals surface area contributed by atoms with E-state index in [0.717, 1.165) is 5.69 Å². The number of primary sulfonamides is 1. The van der Waals surface area contributed by atoms with Crippen molar-refractivity contribution in [3.63, 3.8) is 0 Å². The number of nitrogens with zero attached hydrogens (tertiary/aromatic N) is 2. The van der Waals surface area contributed by atoms with Crippen LogP contribution in [0.5, 0.6) is 5.75 Å². The van der Waals surface area contributed by atoms with Crippen molar-refractivity contribution < 1.29 is 17.9 Å². The Balaban J connectivity index is 1.88. The number of rotatable bonds is 4. The van der Waals surface area contributed by atoms with E-state index in [0.29, 0.717) is 18.1 Å². The number of amides is 1. The minimum Gasteiger partial charge on any atom is -0.497 e. The number of hydrogen-bond acceptors (Lipinski definition) is 5. The zero-order valence-corrected chi connectivity index (χ0v) is 14.9. The van der Waals surface area contributed by atoms with Gasteiger partial charge in [-0.1, -0.05) is 17.7 Å². The summed E-state index contributed by atoms with van der Waals surface area (Å²) in [4.78, 5) is 15.7. The van der Waals surface area contributed by atoms with Gasteiger partial charge in [0, 0.05) is 11.8 Å². The molecule has 0 saturated carbocycles. The lowest BCUT2D eigenvalue weighted by molar-refractivity contribution is -0.115. The maximum absolute atomic E-state index is 12.4. The third-order valence-electron chi connectivity index (χ3n) is 3.90. The van der Waals surface area contributed by atoms with Crippen LogP contribution in [0.3, 0.4) is 0 Å². The van der Waals surface area contributed by atoms with Gasteiger partial charge in [0.25, 0.3) is 0 Å². The molecule has 0 atom stereocenters. The largest absolute Gasteiger partial charge is 0.497 e. The molecule has 3 rings (SSSR count). The average molecular weight is 382 g/mol. The summed E-state index contributed by atoms with van der Waals surface area (Å²) in [5.74, 6) is 0.548. The Labute approximate surface area is 150 Å². The monoisotopic (exact) mass is 381 g/mol. The van der Waals surface area contributed by atoms with Crippen LogP contribution in [0.2, 0.25) is 5.02 Å². The van der Waals surface area contributed by atoms with E-state index in [1.165, 1.54) is 23.1 Å². The minimum absolute atomic E-state index is 0.0995. The predicted octanol–water partition coefficient (Wildman–Crippen LogP) is 1.81. The molecule has 132 valence electrons. The second-order valence-corrected chi connectivity index (χ2v) is 7.49. The molecule has 2 aromatic rings. The van der Waals surface area contributed by atoms with E-state index in [4.69, 9.17) is 21.5 Å². The van der Waals surface area contributed by atoms with E-state index in [2.05, 4.69) is 0 Å². The van der Waals surface area contributed by atoms with Crippen molar-refractivity contribution in [2.45, 2.75) is 4.90 Å². The number of anilines is 2. The van der Waals surface area contributed by atoms with Crippen LogP contribution in [0.4, 0.5) is 11.4 Å². The van der Waals surface area contributed by atoms with Gasteiger partial charge in [0.1, 0.15) is 5.75 Å². The molecule has 1 heterocycles. The van der Waals surface area contributed by atoms with Crippen LogP contribution < -0.4 is 19.7 Å². The highest BCUT2D eigenvalue weighted by atomic mass is 35.5. The van der Waals surface area contributed by atoms with Crippen molar-refractivity contribution in [1.29, 1.82) is 0 Å². The Morgan fingerprint density at radius 3 is 2.60 bits per heavy atom. The smallest absolute Gasteiger partial charge is 0.248 e. The van der Waals surface area contributed by atoms with Gasteiger partial charge in [0.15, 0.2) is 0 Å². The number of sulfonamides is 1. The molecule has 7 nitrogen and oxygen atoms in total. The first-order valence-electron chi connectivity index (χ1n) is 7.31. The standard InChI is InChI=1S/C16H16ClN3O4S/c1-24-12-4-2-3-11(7-12)19-9-16(21)20(10-19)15-6-5-13(8-14(15)17)25(18,22)23/h2-8H,9-10H2,1H3,(H2,18,22,23). The van der Waals surface area contributed by atoms with E-state index in [-0.39, 0.29) is 22.4 Å². The SMILES string of the molecule is COc1cccc(N2CC(=O)N(c3ccc(S(N)(=O)=O)cc3Cl)C2)c1. The number of hydrogen-bond donors (Lipinski definition) is 1. The zero-order chi connectivity index (χ0) is 18.2. The second kappa shape index (κ2) is 6.55. The molecule has 1 saturated heterocycles. The topological polar surface area (TPSA) is 92.9 Å². The van der Waals surface area contributed by atoms with Gasteiger partial charge in [-0.2, -0.15) is 0 Å². The maximum atomic E-state index is 12.4. The lowest BCUT2D eigenvalue weighted by atomic mass is 10.3. The third kappa shape index (κ3) is 3.55. The molecule has 2 aromatic carbocycles. The molecule has 1 amide bonds. The summed E-state index contributed by atoms with van der Waals surface area (Å²) in [6.45, 7) is 0.473. The Bertz CT molecular complexity index is 933. The van der Waals surface area contributed by atoms with Gasteiger partial charge >= 0.3 is 0 Å². The second-order valence-electron chi connectivity index (χ2n) is 5.52. The molecule has 1 fully saturated rings. The molecule has 25 heavy (non-hydrogen) atoms. The summed E-state index contributed by atoms with van der Waals surface area (Å²) in [6.07, 6.45) is 0. The summed E-state index contributed by atoms with van der Waals surface area (Å²) >= 11 is 6.17. The molecule has 0 aliphatic carbocycles. The van der Waals surface area contributed by atoms with Crippen LogP contribution in [0, 0.1) is 0 Å². The van der Waals surface area contributed by atoms with Crippen LogP contribution >= 0.6 is 11.6 Å². The molecule has 1 aliphatic rings. The quantitative estimate of drug-likeness (QED) is 0.871. The van der Waals surface area contributed by atoms with Gasteiger partial charge in [-0.05, 0) is 30.3 Å². The maximum Gasteiger partial charge on any atom is 0.248 e. The Morgan fingerprint density at radius 1 is 1.20 bits per heavy atom. The normalized spacial score (nSPS) is 14.9. The Hall–Kier alpha value is -2.29. The average Bonchev–Trinajstić information content (AvgIpc) is 2.95. The number of benzene rings is 2. The third-order valence-corrected chi connectivity index (χ3v) is 5.11. The fourth-order valence-corrected chi connectivity index (χ4v) is 3.51. The van der Waals surface area contributed by atoms with Crippen molar-refractivity contribution >= 4 is 38.9 Å². The van der Waals surface area contributed by atoms with Gasteiger partial charge in [0.05, 0.1) is 35.9 Å². The van der Waals surface area contributed by atoms with E-state index in [1.807, 2.05) is 29.2 Å². The van der Waals surface area contributed by atoms with Crippen molar-refractivity contribution in [2.75, 3.05) is 30.1 Å². The van der Waals surface area contributed by atoms with Gasteiger partial charge in [-0.25, -0.2) is 13.6 Å². The summed E-state index contributed by atoms with van der Waals surface area (Å²) in [5.41, 5.74) is 1.27. The minimum atomic E-state index is -3.85. The van der Waals surface area contributed by atoms with Crippen molar-refractivity contribution in [3.05, 3.63) is 47.5 Å². The first-order chi connectivity index (χ1) is 11.8. The first-order valence-corrected chi connectivity index (χ1v) is 9.24. The van der Waals surface area contributed by atoms with Crippen LogP contribution in [0.15, 0.2) is 47.4 Å². The van der Waals surface area contributed by atoms with E-state index in [1.54, 1.807) is 7.11 Å². The number of carbonyl (C=O) groups is 1. The highest BCUT2D eigenvalue weighted by Gasteiger charge is 2.30. The van der Waals surface area contributed by atoms with Crippen LogP contribution in [-0.2, 0) is 14.8 Å². The summed E-state index contributed by atoms with van der Waals surface area (Å²) in [6, 6.07) is 11.4. The van der Waals surface area contributed by atoms with Gasteiger partial charge in [-0.15, -0.1) is 0 Å². The number of methoxy groups -OCH3 is 1. The first kappa shape index (κ1) is 17.5. The summed E-state index contributed by atoms with van der Waals surface area (Å²) < 4.78 is 28.0. The fraction of sp³-hybridized carbons (Fsp3) is 0.188. The van der Waals surface area contributed by atoms with Crippen molar-refractivity contribution in [3.8, 4) is 5.75 Å². The number of halogens is 1. The Kier molecular flexibility index (Phi) is 4.59. The summed E-state index contributed by atoms with van der Waals surface area (Å²) in [7, 11) is -2.28. The molecule has 1 aliphatic heterocycles. The predicted molar refractivity (Wildman–Crippen MR) is 95.5 cm³/mol. The fourth-order valence-electron chi connectivity index (χ4n) is 2.62. The van der Waals surface area contributed by atoms with Crippen molar-refractivity contribution in [2.24, 2.45) is 5.14 Å². The van der Waals surface area contributed by atoms with Crippen LogP contribution in [-0.4, -0.2) is 34.6 Å². The van der Waals surface area contributed by atoms with Gasteiger partial charge in [0.2, 0.25) is 15.9 Å². The molecule has 0 bridgehead atoms. The van der Waals surface area contributed by atoms with Crippen molar-refractivity contribution in [1.82, 2.24) is 0 Å². The van der Waals surface area contributed by atoms with E-state index < -0.39 is 10.0 Å². The van der Waals surface area contributed by atoms with Gasteiger partial charge < -0.3 is 9.64 Å². The molecular formula is C16H16ClN3O4S. The number of ether oxygens (including phenoxy) is 1. The Morgan fingerprint density at radius 2 is 1.96 bits per heavy atom. The number of carbonyl (C=O) groups excluding carboxylic acids is 1. The highest BCUT2D eigenvalue weighted by molar-refractivity contribution is 7.89. The molecule has 0 unspecified atom stereocenters. The lowest BCUT2D eigenvalue weighted by Gasteiger charge is -2.21.